The van der Waals surface area contributed by atoms with Gasteiger partial charge in [-0.3, -0.25) is 0 Å². The van der Waals surface area contributed by atoms with Gasteiger partial charge in [-0.1, -0.05) is 0 Å². The van der Waals surface area contributed by atoms with Crippen LogP contribution in [0.2, 0.25) is 0 Å². The minimum atomic E-state index is -2.92. The first kappa shape index (κ1) is 23.4. The number of hydrogen-bond donors (Lipinski definition) is 1. The van der Waals surface area contributed by atoms with Gasteiger partial charge in [0.15, 0.2) is 11.5 Å². The van der Waals surface area contributed by atoms with Crippen molar-refractivity contribution >= 4 is 32.5 Å². The van der Waals surface area contributed by atoms with Gasteiger partial charge in [-0.05, 0) is 57.7 Å². The molecule has 0 unspecified atom stereocenters. The van der Waals surface area contributed by atoms with Gasteiger partial charge < -0.3 is 24.6 Å². The number of hydrogen-bond acceptors (Lipinski definition) is 9. The standard InChI is InChI=1S/C24H35N5O4S/c1-32-21-16-19-20(17-22(21)33-13-5-10-28-8-2-3-9-28)26-24(29-11-4-12-29)27-23(19)25-18-6-14-34(30,31)15-7-18/h16-18H,2-15H2,1H3,(H,25,26,27). The van der Waals surface area contributed by atoms with E-state index in [0.29, 0.717) is 36.9 Å². The number of anilines is 2. The van der Waals surface area contributed by atoms with E-state index in [1.165, 1.54) is 25.9 Å². The Bertz CT molecular complexity index is 1100. The molecule has 3 aliphatic heterocycles. The fourth-order valence-corrected chi connectivity index (χ4v) is 6.36. The Kier molecular flexibility index (Phi) is 6.96. The van der Waals surface area contributed by atoms with Crippen LogP contribution in [0.3, 0.4) is 0 Å². The molecule has 9 nitrogen and oxygen atoms in total. The van der Waals surface area contributed by atoms with Crippen molar-refractivity contribution in [1.29, 1.82) is 0 Å². The van der Waals surface area contributed by atoms with Crippen molar-refractivity contribution in [2.45, 2.75) is 44.6 Å². The Morgan fingerprint density at radius 3 is 2.47 bits per heavy atom. The summed E-state index contributed by atoms with van der Waals surface area (Å²) >= 11 is 0. The molecule has 186 valence electrons. The summed E-state index contributed by atoms with van der Waals surface area (Å²) in [6, 6.07) is 3.96. The van der Waals surface area contributed by atoms with Crippen LogP contribution in [0.25, 0.3) is 10.9 Å². The molecule has 3 fully saturated rings. The van der Waals surface area contributed by atoms with E-state index < -0.39 is 9.84 Å². The van der Waals surface area contributed by atoms with E-state index in [9.17, 15) is 8.42 Å². The van der Waals surface area contributed by atoms with Crippen LogP contribution < -0.4 is 19.7 Å². The SMILES string of the molecule is COc1cc2c(NC3CCS(=O)(=O)CC3)nc(N3CCC3)nc2cc1OCCCN1CCCC1. The van der Waals surface area contributed by atoms with Crippen LogP contribution in [0.4, 0.5) is 11.8 Å². The summed E-state index contributed by atoms with van der Waals surface area (Å²) in [4.78, 5) is 14.3. The number of methoxy groups -OCH3 is 1. The van der Waals surface area contributed by atoms with Gasteiger partial charge in [-0.15, -0.1) is 0 Å². The summed E-state index contributed by atoms with van der Waals surface area (Å²) in [5.41, 5.74) is 0.804. The van der Waals surface area contributed by atoms with Crippen LogP contribution in [0.1, 0.15) is 38.5 Å². The molecular formula is C24H35N5O4S. The molecule has 0 saturated carbocycles. The number of sulfone groups is 1. The van der Waals surface area contributed by atoms with E-state index in [1.54, 1.807) is 7.11 Å². The Labute approximate surface area is 201 Å². The van der Waals surface area contributed by atoms with Gasteiger partial charge in [0.25, 0.3) is 0 Å². The van der Waals surface area contributed by atoms with Gasteiger partial charge in [0.2, 0.25) is 5.95 Å². The van der Waals surface area contributed by atoms with Crippen molar-refractivity contribution in [3.05, 3.63) is 12.1 Å². The molecular weight excluding hydrogens is 454 g/mol. The van der Waals surface area contributed by atoms with E-state index >= 15 is 0 Å². The number of fused-ring (bicyclic) bond motifs is 1. The first-order chi connectivity index (χ1) is 16.5. The Morgan fingerprint density at radius 1 is 1.03 bits per heavy atom. The van der Waals surface area contributed by atoms with Crippen LogP contribution >= 0.6 is 0 Å². The van der Waals surface area contributed by atoms with E-state index in [1.807, 2.05) is 12.1 Å². The highest BCUT2D eigenvalue weighted by Crippen LogP contribution is 2.36. The third-order valence-corrected chi connectivity index (χ3v) is 8.79. The molecule has 3 saturated heterocycles. The summed E-state index contributed by atoms with van der Waals surface area (Å²) in [5, 5.41) is 4.38. The van der Waals surface area contributed by atoms with Gasteiger partial charge in [0.1, 0.15) is 15.7 Å². The topological polar surface area (TPSA) is 96.9 Å². The smallest absolute Gasteiger partial charge is 0.227 e. The second-order valence-electron chi connectivity index (χ2n) is 9.55. The molecule has 2 aromatic rings. The summed E-state index contributed by atoms with van der Waals surface area (Å²) < 4.78 is 35.5. The molecule has 4 heterocycles. The lowest BCUT2D eigenvalue weighted by Gasteiger charge is -2.32. The summed E-state index contributed by atoms with van der Waals surface area (Å²) in [6.07, 6.45) is 5.88. The van der Waals surface area contributed by atoms with Crippen LogP contribution in [-0.4, -0.2) is 87.3 Å². The monoisotopic (exact) mass is 489 g/mol. The number of likely N-dealkylation sites (tertiary alicyclic amines) is 1. The highest BCUT2D eigenvalue weighted by molar-refractivity contribution is 7.91. The zero-order valence-electron chi connectivity index (χ0n) is 20.0. The van der Waals surface area contributed by atoms with E-state index in [4.69, 9.17) is 19.4 Å². The zero-order chi connectivity index (χ0) is 23.5. The van der Waals surface area contributed by atoms with Crippen molar-refractivity contribution in [2.24, 2.45) is 0 Å². The lowest BCUT2D eigenvalue weighted by atomic mass is 10.1. The fourth-order valence-electron chi connectivity index (χ4n) is 4.87. The number of rotatable bonds is 9. The molecule has 3 aliphatic rings. The lowest BCUT2D eigenvalue weighted by molar-refractivity contribution is 0.254. The maximum absolute atomic E-state index is 11.9. The third kappa shape index (κ3) is 5.33. The summed E-state index contributed by atoms with van der Waals surface area (Å²) in [5.74, 6) is 3.21. The molecule has 0 amide bonds. The number of ether oxygens (including phenoxy) is 2. The number of nitrogens with one attached hydrogen (secondary N) is 1. The van der Waals surface area contributed by atoms with Crippen molar-refractivity contribution in [3.8, 4) is 11.5 Å². The van der Waals surface area contributed by atoms with Crippen LogP contribution in [0.5, 0.6) is 11.5 Å². The Morgan fingerprint density at radius 2 is 1.79 bits per heavy atom. The number of benzene rings is 1. The third-order valence-electron chi connectivity index (χ3n) is 7.08. The van der Waals surface area contributed by atoms with Crippen LogP contribution in [-0.2, 0) is 9.84 Å². The minimum Gasteiger partial charge on any atom is -0.493 e. The molecule has 0 radical (unpaired) electrons. The van der Waals surface area contributed by atoms with Crippen molar-refractivity contribution < 1.29 is 17.9 Å². The molecule has 1 N–H and O–H groups in total. The quantitative estimate of drug-likeness (QED) is 0.533. The summed E-state index contributed by atoms with van der Waals surface area (Å²) in [7, 11) is -1.27. The molecule has 10 heteroatoms. The molecule has 34 heavy (non-hydrogen) atoms. The summed E-state index contributed by atoms with van der Waals surface area (Å²) in [6.45, 7) is 5.97. The van der Waals surface area contributed by atoms with Gasteiger partial charge in [0, 0.05) is 37.1 Å². The van der Waals surface area contributed by atoms with E-state index in [2.05, 4.69) is 15.1 Å². The van der Waals surface area contributed by atoms with Gasteiger partial charge in [0.05, 0.1) is 30.7 Å². The van der Waals surface area contributed by atoms with Crippen molar-refractivity contribution in [3.63, 3.8) is 0 Å². The Hall–Kier alpha value is -2.33. The predicted molar refractivity (Wildman–Crippen MR) is 134 cm³/mol. The molecule has 1 aromatic heterocycles. The van der Waals surface area contributed by atoms with Crippen LogP contribution in [0, 0.1) is 0 Å². The number of nitrogens with zero attached hydrogens (tertiary/aromatic N) is 4. The van der Waals surface area contributed by atoms with Gasteiger partial charge >= 0.3 is 0 Å². The zero-order valence-corrected chi connectivity index (χ0v) is 20.8. The van der Waals surface area contributed by atoms with E-state index in [0.717, 1.165) is 49.2 Å². The molecule has 1 aromatic carbocycles. The van der Waals surface area contributed by atoms with Crippen molar-refractivity contribution in [1.82, 2.24) is 14.9 Å². The highest BCUT2D eigenvalue weighted by atomic mass is 32.2. The van der Waals surface area contributed by atoms with Crippen LogP contribution in [0.15, 0.2) is 12.1 Å². The average Bonchev–Trinajstić information content (AvgIpc) is 3.30. The molecule has 0 aliphatic carbocycles. The maximum atomic E-state index is 11.9. The second-order valence-corrected chi connectivity index (χ2v) is 11.9. The molecule has 0 spiro atoms. The minimum absolute atomic E-state index is 0.0679. The van der Waals surface area contributed by atoms with Gasteiger partial charge in [-0.25, -0.2) is 13.4 Å². The second kappa shape index (κ2) is 10.1. The Balaban J connectivity index is 1.38. The first-order valence-electron chi connectivity index (χ1n) is 12.5. The maximum Gasteiger partial charge on any atom is 0.227 e. The van der Waals surface area contributed by atoms with E-state index in [-0.39, 0.29) is 17.5 Å². The first-order valence-corrected chi connectivity index (χ1v) is 14.3. The normalized spacial score (nSPS) is 20.9. The van der Waals surface area contributed by atoms with Gasteiger partial charge in [-0.2, -0.15) is 4.98 Å². The lowest BCUT2D eigenvalue weighted by Crippen LogP contribution is -2.38. The molecule has 5 rings (SSSR count). The fraction of sp³-hybridized carbons (Fsp3) is 0.667. The average molecular weight is 490 g/mol. The highest BCUT2D eigenvalue weighted by Gasteiger charge is 2.26. The number of aromatic nitrogens is 2. The van der Waals surface area contributed by atoms with Crippen molar-refractivity contribution in [2.75, 3.05) is 68.2 Å². The predicted octanol–water partition coefficient (Wildman–Crippen LogP) is 2.70. The molecule has 0 atom stereocenters. The molecule has 0 bridgehead atoms. The largest absolute Gasteiger partial charge is 0.493 e.